The van der Waals surface area contributed by atoms with E-state index in [-0.39, 0.29) is 0 Å². The van der Waals surface area contributed by atoms with Gasteiger partial charge in [0.15, 0.2) is 0 Å². The highest BCUT2D eigenvalue weighted by molar-refractivity contribution is 8.00. The molecule has 2 rings (SSSR count). The summed E-state index contributed by atoms with van der Waals surface area (Å²) in [6.07, 6.45) is 3.95. The first-order chi connectivity index (χ1) is 8.31. The van der Waals surface area contributed by atoms with Crippen molar-refractivity contribution in [1.82, 2.24) is 5.32 Å². The molecule has 2 atom stereocenters. The van der Waals surface area contributed by atoms with Crippen LogP contribution in [0.2, 0.25) is 0 Å². The summed E-state index contributed by atoms with van der Waals surface area (Å²) in [5.74, 6) is 1.33. The van der Waals surface area contributed by atoms with Gasteiger partial charge in [-0.1, -0.05) is 36.8 Å². The minimum atomic E-state index is 0.544. The van der Waals surface area contributed by atoms with Crippen LogP contribution < -0.4 is 5.32 Å². The lowest BCUT2D eigenvalue weighted by Gasteiger charge is -2.25. The summed E-state index contributed by atoms with van der Waals surface area (Å²) in [6.45, 7) is 5.54. The van der Waals surface area contributed by atoms with Gasteiger partial charge in [0, 0.05) is 11.3 Å². The van der Waals surface area contributed by atoms with Crippen molar-refractivity contribution in [1.29, 1.82) is 0 Å². The molecule has 0 aromatic heterocycles. The average molecular weight is 249 g/mol. The van der Waals surface area contributed by atoms with Crippen molar-refractivity contribution in [2.75, 3.05) is 12.3 Å². The molecule has 1 N–H and O–H groups in total. The van der Waals surface area contributed by atoms with E-state index in [1.807, 2.05) is 0 Å². The van der Waals surface area contributed by atoms with Gasteiger partial charge >= 0.3 is 0 Å². The Morgan fingerprint density at radius 1 is 1.47 bits per heavy atom. The number of hydrogen-bond donors (Lipinski definition) is 1. The van der Waals surface area contributed by atoms with Crippen molar-refractivity contribution in [3.8, 4) is 0 Å². The maximum absolute atomic E-state index is 3.73. The second-order valence-corrected chi connectivity index (χ2v) is 6.24. The van der Waals surface area contributed by atoms with E-state index in [9.17, 15) is 0 Å². The Bertz CT molecular complexity index is 345. The van der Waals surface area contributed by atoms with Gasteiger partial charge in [0.1, 0.15) is 0 Å². The molecule has 0 spiro atoms. The van der Waals surface area contributed by atoms with Crippen LogP contribution in [0.3, 0.4) is 0 Å². The quantitative estimate of drug-likeness (QED) is 0.848. The van der Waals surface area contributed by atoms with E-state index in [0.717, 1.165) is 11.8 Å². The fourth-order valence-corrected chi connectivity index (χ4v) is 3.91. The molecule has 0 amide bonds. The van der Waals surface area contributed by atoms with Crippen molar-refractivity contribution >= 4 is 11.8 Å². The summed E-state index contributed by atoms with van der Waals surface area (Å²) in [7, 11) is 0. The fourth-order valence-electron chi connectivity index (χ4n) is 2.49. The molecule has 17 heavy (non-hydrogen) atoms. The molecule has 1 heterocycles. The summed E-state index contributed by atoms with van der Waals surface area (Å²) in [5, 5.41) is 4.50. The Morgan fingerprint density at radius 3 is 3.00 bits per heavy atom. The standard InChI is InChI=1S/C15H23NS/c1-3-9-16-15(14-8-5-10-17-14)13-7-4-6-12(2)11-13/h4,6-7,11,14-16H,3,5,8-10H2,1-2H3. The topological polar surface area (TPSA) is 12.0 Å². The molecule has 2 unspecified atom stereocenters. The summed E-state index contributed by atoms with van der Waals surface area (Å²) in [4.78, 5) is 0. The molecule has 94 valence electrons. The van der Waals surface area contributed by atoms with Crippen LogP contribution in [0.25, 0.3) is 0 Å². The number of thioether (sulfide) groups is 1. The van der Waals surface area contributed by atoms with E-state index < -0.39 is 0 Å². The number of nitrogens with one attached hydrogen (secondary N) is 1. The van der Waals surface area contributed by atoms with Gasteiger partial charge in [0.05, 0.1) is 0 Å². The van der Waals surface area contributed by atoms with Gasteiger partial charge < -0.3 is 5.32 Å². The Morgan fingerprint density at radius 2 is 2.35 bits per heavy atom. The van der Waals surface area contributed by atoms with Gasteiger partial charge in [-0.05, 0) is 44.0 Å². The van der Waals surface area contributed by atoms with E-state index in [0.29, 0.717) is 6.04 Å². The van der Waals surface area contributed by atoms with E-state index in [1.165, 1.54) is 36.1 Å². The van der Waals surface area contributed by atoms with Crippen LogP contribution in [0.15, 0.2) is 24.3 Å². The molecule has 2 heteroatoms. The highest BCUT2D eigenvalue weighted by Crippen LogP contribution is 2.36. The lowest BCUT2D eigenvalue weighted by Crippen LogP contribution is -2.29. The van der Waals surface area contributed by atoms with Gasteiger partial charge in [0.2, 0.25) is 0 Å². The Balaban J connectivity index is 2.13. The minimum Gasteiger partial charge on any atom is -0.309 e. The van der Waals surface area contributed by atoms with Crippen molar-refractivity contribution in [2.24, 2.45) is 0 Å². The molecule has 1 saturated heterocycles. The van der Waals surface area contributed by atoms with Crippen LogP contribution in [-0.4, -0.2) is 17.5 Å². The van der Waals surface area contributed by atoms with Crippen LogP contribution in [0.5, 0.6) is 0 Å². The van der Waals surface area contributed by atoms with E-state index in [4.69, 9.17) is 0 Å². The highest BCUT2D eigenvalue weighted by atomic mass is 32.2. The maximum Gasteiger partial charge on any atom is 0.0440 e. The third-order valence-electron chi connectivity index (χ3n) is 3.35. The molecule has 1 nitrogen and oxygen atoms in total. The molecule has 1 aliphatic rings. The van der Waals surface area contributed by atoms with Crippen molar-refractivity contribution < 1.29 is 0 Å². The zero-order valence-electron chi connectivity index (χ0n) is 10.9. The van der Waals surface area contributed by atoms with Gasteiger partial charge in [0.25, 0.3) is 0 Å². The third-order valence-corrected chi connectivity index (χ3v) is 4.81. The van der Waals surface area contributed by atoms with Crippen LogP contribution in [-0.2, 0) is 0 Å². The second-order valence-electron chi connectivity index (χ2n) is 4.90. The number of benzene rings is 1. The molecule has 1 aromatic rings. The zero-order chi connectivity index (χ0) is 12.1. The lowest BCUT2D eigenvalue weighted by molar-refractivity contribution is 0.503. The van der Waals surface area contributed by atoms with E-state index >= 15 is 0 Å². The molecular formula is C15H23NS. The first-order valence-electron chi connectivity index (χ1n) is 6.73. The van der Waals surface area contributed by atoms with Crippen molar-refractivity contribution in [3.05, 3.63) is 35.4 Å². The summed E-state index contributed by atoms with van der Waals surface area (Å²) >= 11 is 2.14. The van der Waals surface area contributed by atoms with Crippen LogP contribution in [0, 0.1) is 6.92 Å². The predicted octanol–water partition coefficient (Wildman–Crippen LogP) is 3.93. The molecule has 1 aromatic carbocycles. The van der Waals surface area contributed by atoms with Gasteiger partial charge in [-0.2, -0.15) is 11.8 Å². The monoisotopic (exact) mass is 249 g/mol. The Kier molecular flexibility index (Phi) is 4.93. The predicted molar refractivity (Wildman–Crippen MR) is 77.7 cm³/mol. The molecule has 0 saturated carbocycles. The first kappa shape index (κ1) is 13.0. The van der Waals surface area contributed by atoms with Gasteiger partial charge in [-0.15, -0.1) is 0 Å². The molecule has 0 bridgehead atoms. The SMILES string of the molecule is CCCNC(c1cccc(C)c1)C1CCCS1. The largest absolute Gasteiger partial charge is 0.309 e. The third kappa shape index (κ3) is 3.49. The van der Waals surface area contributed by atoms with E-state index in [1.54, 1.807) is 0 Å². The Hall–Kier alpha value is -0.470. The highest BCUT2D eigenvalue weighted by Gasteiger charge is 2.26. The molecule has 1 fully saturated rings. The number of hydrogen-bond acceptors (Lipinski definition) is 2. The summed E-state index contributed by atoms with van der Waals surface area (Å²) in [6, 6.07) is 9.53. The van der Waals surface area contributed by atoms with E-state index in [2.05, 4.69) is 55.2 Å². The van der Waals surface area contributed by atoms with Gasteiger partial charge in [-0.3, -0.25) is 0 Å². The maximum atomic E-state index is 3.73. The first-order valence-corrected chi connectivity index (χ1v) is 7.77. The Labute approximate surface area is 109 Å². The number of aryl methyl sites for hydroxylation is 1. The van der Waals surface area contributed by atoms with Crippen LogP contribution in [0.1, 0.15) is 43.4 Å². The number of rotatable bonds is 5. The van der Waals surface area contributed by atoms with Gasteiger partial charge in [-0.25, -0.2) is 0 Å². The smallest absolute Gasteiger partial charge is 0.0440 e. The summed E-state index contributed by atoms with van der Waals surface area (Å²) in [5.41, 5.74) is 2.84. The van der Waals surface area contributed by atoms with Crippen LogP contribution >= 0.6 is 11.8 Å². The minimum absolute atomic E-state index is 0.544. The van der Waals surface area contributed by atoms with Crippen LogP contribution in [0.4, 0.5) is 0 Å². The molecule has 0 radical (unpaired) electrons. The van der Waals surface area contributed by atoms with Crippen molar-refractivity contribution in [3.63, 3.8) is 0 Å². The summed E-state index contributed by atoms with van der Waals surface area (Å²) < 4.78 is 0. The fraction of sp³-hybridized carbons (Fsp3) is 0.600. The second kappa shape index (κ2) is 6.46. The normalized spacial score (nSPS) is 21.6. The lowest BCUT2D eigenvalue weighted by atomic mass is 9.99. The van der Waals surface area contributed by atoms with Crippen molar-refractivity contribution in [2.45, 2.75) is 44.4 Å². The molecule has 1 aliphatic heterocycles. The molecule has 0 aliphatic carbocycles. The average Bonchev–Trinajstić information content (AvgIpc) is 2.83. The zero-order valence-corrected chi connectivity index (χ0v) is 11.7. The molecular weight excluding hydrogens is 226 g/mol.